The Labute approximate surface area is 118 Å². The molecule has 104 valence electrons. The molecule has 1 heterocycles. The molecule has 2 N–H and O–H groups in total. The smallest absolute Gasteiger partial charge is 0.123 e. The van der Waals surface area contributed by atoms with Gasteiger partial charge in [0.15, 0.2) is 0 Å². The monoisotopic (exact) mass is 271 g/mol. The summed E-state index contributed by atoms with van der Waals surface area (Å²) in [6.07, 6.45) is 1.37. The summed E-state index contributed by atoms with van der Waals surface area (Å²) in [6, 6.07) is 12.8. The maximum atomic E-state index is 13.4. The highest BCUT2D eigenvalue weighted by Gasteiger charge is 2.32. The van der Waals surface area contributed by atoms with Crippen LogP contribution in [0.15, 0.2) is 42.5 Å². The lowest BCUT2D eigenvalue weighted by Gasteiger charge is -2.35. The van der Waals surface area contributed by atoms with Crippen molar-refractivity contribution >= 4 is 0 Å². The van der Waals surface area contributed by atoms with Crippen molar-refractivity contribution in [3.8, 4) is 5.75 Å². The van der Waals surface area contributed by atoms with Gasteiger partial charge in [0.25, 0.3) is 0 Å². The molecule has 2 aromatic carbocycles. The first-order valence-corrected chi connectivity index (χ1v) is 6.80. The summed E-state index contributed by atoms with van der Waals surface area (Å²) in [4.78, 5) is 0. The molecular weight excluding hydrogens is 253 g/mol. The van der Waals surface area contributed by atoms with Gasteiger partial charge >= 0.3 is 0 Å². The minimum atomic E-state index is -0.479. The lowest BCUT2D eigenvalue weighted by molar-refractivity contribution is 0.189. The quantitative estimate of drug-likeness (QED) is 0.911. The summed E-state index contributed by atoms with van der Waals surface area (Å²) in [7, 11) is 0. The first-order chi connectivity index (χ1) is 9.56. The number of rotatable bonds is 2. The fourth-order valence-electron chi connectivity index (χ4n) is 2.77. The molecule has 0 spiro atoms. The van der Waals surface area contributed by atoms with Crippen LogP contribution in [-0.4, -0.2) is 12.1 Å². The number of benzene rings is 2. The van der Waals surface area contributed by atoms with Crippen LogP contribution in [0.1, 0.15) is 16.7 Å². The lowest BCUT2D eigenvalue weighted by Crippen LogP contribution is -2.51. The van der Waals surface area contributed by atoms with Gasteiger partial charge in [-0.25, -0.2) is 4.39 Å². The highest BCUT2D eigenvalue weighted by atomic mass is 19.1. The summed E-state index contributed by atoms with van der Waals surface area (Å²) in [5.74, 6) is 0.691. The molecule has 2 aromatic rings. The number of nitrogens with two attached hydrogens (primary N) is 1. The third-order valence-electron chi connectivity index (χ3n) is 3.88. The van der Waals surface area contributed by atoms with Crippen molar-refractivity contribution in [1.29, 1.82) is 0 Å². The Morgan fingerprint density at radius 3 is 2.90 bits per heavy atom. The molecule has 2 nitrogen and oxygen atoms in total. The van der Waals surface area contributed by atoms with Crippen LogP contribution < -0.4 is 10.5 Å². The van der Waals surface area contributed by atoms with Gasteiger partial charge in [-0.1, -0.05) is 24.3 Å². The highest BCUT2D eigenvalue weighted by molar-refractivity contribution is 5.38. The molecule has 1 aliphatic heterocycles. The third kappa shape index (κ3) is 2.54. The fraction of sp³-hybridized carbons (Fsp3) is 0.294. The summed E-state index contributed by atoms with van der Waals surface area (Å²) in [6.45, 7) is 2.44. The third-order valence-corrected chi connectivity index (χ3v) is 3.88. The molecule has 0 amide bonds. The number of para-hydroxylation sites is 1. The Bertz CT molecular complexity index is 641. The minimum absolute atomic E-state index is 0.216. The second kappa shape index (κ2) is 4.91. The van der Waals surface area contributed by atoms with E-state index in [1.54, 1.807) is 12.1 Å². The van der Waals surface area contributed by atoms with Gasteiger partial charge < -0.3 is 10.5 Å². The SMILES string of the molecule is Cc1ccc(F)cc1CC1(N)COc2ccccc2C1. The number of hydrogen-bond donors (Lipinski definition) is 1. The van der Waals surface area contributed by atoms with Crippen molar-refractivity contribution in [2.45, 2.75) is 25.3 Å². The highest BCUT2D eigenvalue weighted by Crippen LogP contribution is 2.30. The summed E-state index contributed by atoms with van der Waals surface area (Å²) in [5.41, 5.74) is 9.14. The minimum Gasteiger partial charge on any atom is -0.491 e. The van der Waals surface area contributed by atoms with E-state index in [1.165, 1.54) is 6.07 Å². The van der Waals surface area contributed by atoms with Gasteiger partial charge in [0.1, 0.15) is 18.2 Å². The number of hydrogen-bond acceptors (Lipinski definition) is 2. The predicted molar refractivity (Wildman–Crippen MR) is 77.4 cm³/mol. The van der Waals surface area contributed by atoms with Crippen LogP contribution in [-0.2, 0) is 12.8 Å². The Balaban J connectivity index is 1.86. The van der Waals surface area contributed by atoms with E-state index in [9.17, 15) is 4.39 Å². The molecule has 0 aromatic heterocycles. The van der Waals surface area contributed by atoms with Crippen molar-refractivity contribution in [2.24, 2.45) is 5.73 Å². The first-order valence-electron chi connectivity index (χ1n) is 6.80. The molecule has 3 heteroatoms. The van der Waals surface area contributed by atoms with E-state index in [-0.39, 0.29) is 5.82 Å². The summed E-state index contributed by atoms with van der Waals surface area (Å²) < 4.78 is 19.2. The summed E-state index contributed by atoms with van der Waals surface area (Å²) >= 11 is 0. The van der Waals surface area contributed by atoms with E-state index in [1.807, 2.05) is 31.2 Å². The maximum absolute atomic E-state index is 13.4. The van der Waals surface area contributed by atoms with Gasteiger partial charge in [0.05, 0.1) is 5.54 Å². The first kappa shape index (κ1) is 13.1. The zero-order valence-electron chi connectivity index (χ0n) is 11.5. The maximum Gasteiger partial charge on any atom is 0.123 e. The second-order valence-electron chi connectivity index (χ2n) is 5.68. The Kier molecular flexibility index (Phi) is 3.22. The van der Waals surface area contributed by atoms with Crippen LogP contribution in [0.4, 0.5) is 4.39 Å². The van der Waals surface area contributed by atoms with Gasteiger partial charge in [-0.2, -0.15) is 0 Å². The van der Waals surface area contributed by atoms with Crippen molar-refractivity contribution in [3.63, 3.8) is 0 Å². The topological polar surface area (TPSA) is 35.2 Å². The predicted octanol–water partition coefficient (Wildman–Crippen LogP) is 3.01. The molecular formula is C17H18FNO. The van der Waals surface area contributed by atoms with E-state index in [0.717, 1.165) is 28.9 Å². The van der Waals surface area contributed by atoms with Crippen LogP contribution in [0.3, 0.4) is 0 Å². The van der Waals surface area contributed by atoms with E-state index in [0.29, 0.717) is 13.0 Å². The van der Waals surface area contributed by atoms with Gasteiger partial charge in [0.2, 0.25) is 0 Å². The molecule has 0 fully saturated rings. The second-order valence-corrected chi connectivity index (χ2v) is 5.68. The van der Waals surface area contributed by atoms with Crippen molar-refractivity contribution in [2.75, 3.05) is 6.61 Å². The molecule has 0 saturated heterocycles. The van der Waals surface area contributed by atoms with E-state index in [2.05, 4.69) is 0 Å². The number of fused-ring (bicyclic) bond motifs is 1. The van der Waals surface area contributed by atoms with E-state index >= 15 is 0 Å². The molecule has 0 bridgehead atoms. The fourth-order valence-corrected chi connectivity index (χ4v) is 2.77. The van der Waals surface area contributed by atoms with Crippen LogP contribution in [0.5, 0.6) is 5.75 Å². The van der Waals surface area contributed by atoms with Crippen molar-refractivity contribution in [3.05, 3.63) is 65.0 Å². The zero-order valence-corrected chi connectivity index (χ0v) is 11.5. The average molecular weight is 271 g/mol. The van der Waals surface area contributed by atoms with Gasteiger partial charge in [-0.05, 0) is 54.7 Å². The number of ether oxygens (including phenoxy) is 1. The van der Waals surface area contributed by atoms with E-state index in [4.69, 9.17) is 10.5 Å². The standard InChI is InChI=1S/C17H18FNO/c1-12-6-7-15(18)8-14(12)10-17(19)9-13-4-2-3-5-16(13)20-11-17/h2-8H,9-11,19H2,1H3. The molecule has 0 saturated carbocycles. The van der Waals surface area contributed by atoms with Crippen LogP contribution >= 0.6 is 0 Å². The van der Waals surface area contributed by atoms with Crippen LogP contribution in [0.2, 0.25) is 0 Å². The molecule has 0 aliphatic carbocycles. The van der Waals surface area contributed by atoms with E-state index < -0.39 is 5.54 Å². The van der Waals surface area contributed by atoms with Gasteiger partial charge in [0, 0.05) is 0 Å². The lowest BCUT2D eigenvalue weighted by atomic mass is 9.83. The largest absolute Gasteiger partial charge is 0.491 e. The number of halogens is 1. The number of aryl methyl sites for hydroxylation is 1. The van der Waals surface area contributed by atoms with Gasteiger partial charge in [-0.15, -0.1) is 0 Å². The van der Waals surface area contributed by atoms with Crippen LogP contribution in [0, 0.1) is 12.7 Å². The molecule has 3 rings (SSSR count). The Morgan fingerprint density at radius 1 is 1.25 bits per heavy atom. The van der Waals surface area contributed by atoms with Crippen molar-refractivity contribution < 1.29 is 9.13 Å². The summed E-state index contributed by atoms with van der Waals surface area (Å²) in [5, 5.41) is 0. The average Bonchev–Trinajstić information content (AvgIpc) is 2.42. The zero-order chi connectivity index (χ0) is 14.2. The van der Waals surface area contributed by atoms with Crippen LogP contribution in [0.25, 0.3) is 0 Å². The van der Waals surface area contributed by atoms with Crippen molar-refractivity contribution in [1.82, 2.24) is 0 Å². The molecule has 1 unspecified atom stereocenters. The Morgan fingerprint density at radius 2 is 2.05 bits per heavy atom. The molecule has 20 heavy (non-hydrogen) atoms. The molecule has 0 radical (unpaired) electrons. The molecule has 1 aliphatic rings. The normalized spacial score (nSPS) is 21.1. The Hall–Kier alpha value is -1.87. The van der Waals surface area contributed by atoms with Gasteiger partial charge in [-0.3, -0.25) is 0 Å². The molecule has 1 atom stereocenters.